The van der Waals surface area contributed by atoms with E-state index in [0.29, 0.717) is 23.5 Å². The lowest BCUT2D eigenvalue weighted by molar-refractivity contribution is -0.143. The standard InChI is InChI=1S/C22H14F6N4OS/c1-12-30-18(11-34-12)13-4-2-6-15(8-13)31-20(33)17-10-29-32(19(17)22(26,27)28)16-7-3-5-14(9-16)21(23,24)25/h2-11H,1H3,(H,31,33). The van der Waals surface area contributed by atoms with Crippen LogP contribution in [0.4, 0.5) is 32.0 Å². The number of rotatable bonds is 4. The van der Waals surface area contributed by atoms with Crippen molar-refractivity contribution in [1.82, 2.24) is 14.8 Å². The van der Waals surface area contributed by atoms with E-state index in [2.05, 4.69) is 15.4 Å². The third kappa shape index (κ3) is 4.81. The average molecular weight is 496 g/mol. The maximum absolute atomic E-state index is 13.9. The van der Waals surface area contributed by atoms with Crippen molar-refractivity contribution in [2.24, 2.45) is 0 Å². The Morgan fingerprint density at radius 1 is 1.00 bits per heavy atom. The van der Waals surface area contributed by atoms with Crippen LogP contribution in [0.3, 0.4) is 0 Å². The summed E-state index contributed by atoms with van der Waals surface area (Å²) in [6, 6.07) is 9.65. The summed E-state index contributed by atoms with van der Waals surface area (Å²) in [6.45, 7) is 1.82. The number of thiazole rings is 1. The minimum Gasteiger partial charge on any atom is -0.322 e. The zero-order chi connectivity index (χ0) is 24.7. The minimum absolute atomic E-state index is 0.216. The Morgan fingerprint density at radius 3 is 2.38 bits per heavy atom. The van der Waals surface area contributed by atoms with Crippen LogP contribution in [0.1, 0.15) is 26.6 Å². The molecule has 2 aromatic heterocycles. The Bertz CT molecular complexity index is 1360. The summed E-state index contributed by atoms with van der Waals surface area (Å²) >= 11 is 1.42. The zero-order valence-electron chi connectivity index (χ0n) is 17.2. The lowest BCUT2D eigenvalue weighted by atomic mass is 10.1. The second-order valence-corrected chi connectivity index (χ2v) is 8.21. The molecule has 0 atom stereocenters. The van der Waals surface area contributed by atoms with Gasteiger partial charge in [-0.05, 0) is 37.3 Å². The number of hydrogen-bond donors (Lipinski definition) is 1. The topological polar surface area (TPSA) is 59.8 Å². The average Bonchev–Trinajstić information content (AvgIpc) is 3.40. The number of anilines is 1. The molecule has 0 saturated heterocycles. The molecule has 0 fully saturated rings. The molecular weight excluding hydrogens is 482 g/mol. The van der Waals surface area contributed by atoms with E-state index in [9.17, 15) is 31.1 Å². The summed E-state index contributed by atoms with van der Waals surface area (Å²) < 4.78 is 81.0. The van der Waals surface area contributed by atoms with Crippen molar-refractivity contribution in [1.29, 1.82) is 0 Å². The number of nitrogens with one attached hydrogen (secondary N) is 1. The van der Waals surface area contributed by atoms with Gasteiger partial charge in [0.15, 0.2) is 5.69 Å². The number of carbonyl (C=O) groups excluding carboxylic acids is 1. The van der Waals surface area contributed by atoms with Crippen LogP contribution in [0.2, 0.25) is 0 Å². The van der Waals surface area contributed by atoms with Gasteiger partial charge in [-0.1, -0.05) is 18.2 Å². The third-order valence-electron chi connectivity index (χ3n) is 4.74. The van der Waals surface area contributed by atoms with Gasteiger partial charge in [0.2, 0.25) is 0 Å². The van der Waals surface area contributed by atoms with Crippen LogP contribution in [-0.2, 0) is 12.4 Å². The number of aromatic nitrogens is 3. The van der Waals surface area contributed by atoms with Crippen LogP contribution in [0.5, 0.6) is 0 Å². The molecule has 0 spiro atoms. The van der Waals surface area contributed by atoms with Crippen molar-refractivity contribution < 1.29 is 31.1 Å². The predicted molar refractivity (Wildman–Crippen MR) is 114 cm³/mol. The van der Waals surface area contributed by atoms with E-state index >= 15 is 0 Å². The smallest absolute Gasteiger partial charge is 0.322 e. The first-order valence-corrected chi connectivity index (χ1v) is 10.5. The first-order valence-electron chi connectivity index (χ1n) is 9.60. The second kappa shape index (κ2) is 8.60. The maximum atomic E-state index is 13.9. The Morgan fingerprint density at radius 2 is 1.74 bits per heavy atom. The van der Waals surface area contributed by atoms with E-state index < -0.39 is 40.8 Å². The van der Waals surface area contributed by atoms with Crippen LogP contribution in [-0.4, -0.2) is 20.7 Å². The molecule has 0 saturated carbocycles. The molecule has 4 rings (SSSR count). The Labute approximate surface area is 192 Å². The molecule has 5 nitrogen and oxygen atoms in total. The molecule has 0 aliphatic carbocycles. The fourth-order valence-corrected chi connectivity index (χ4v) is 3.87. The van der Waals surface area contributed by atoms with Crippen LogP contribution in [0.15, 0.2) is 60.1 Å². The van der Waals surface area contributed by atoms with Gasteiger partial charge in [0, 0.05) is 16.6 Å². The summed E-state index contributed by atoms with van der Waals surface area (Å²) in [7, 11) is 0. The summed E-state index contributed by atoms with van der Waals surface area (Å²) in [5, 5.41) is 8.58. The number of carbonyl (C=O) groups is 1. The molecule has 176 valence electrons. The number of hydrogen-bond acceptors (Lipinski definition) is 4. The quantitative estimate of drug-likeness (QED) is 0.324. The Hall–Kier alpha value is -3.67. The van der Waals surface area contributed by atoms with E-state index in [0.717, 1.165) is 23.2 Å². The van der Waals surface area contributed by atoms with E-state index in [1.165, 1.54) is 17.4 Å². The maximum Gasteiger partial charge on any atom is 0.434 e. The lowest BCUT2D eigenvalue weighted by Crippen LogP contribution is -2.21. The zero-order valence-corrected chi connectivity index (χ0v) is 18.0. The van der Waals surface area contributed by atoms with Crippen molar-refractivity contribution in [3.05, 3.63) is 81.9 Å². The van der Waals surface area contributed by atoms with Gasteiger partial charge >= 0.3 is 12.4 Å². The molecule has 34 heavy (non-hydrogen) atoms. The highest BCUT2D eigenvalue weighted by molar-refractivity contribution is 7.09. The van der Waals surface area contributed by atoms with Gasteiger partial charge in [-0.3, -0.25) is 4.79 Å². The second-order valence-electron chi connectivity index (χ2n) is 7.15. The summed E-state index contributed by atoms with van der Waals surface area (Å²) in [5.74, 6) is -1.11. The first-order chi connectivity index (χ1) is 15.9. The Kier molecular flexibility index (Phi) is 5.94. The van der Waals surface area contributed by atoms with Crippen molar-refractivity contribution in [3.8, 4) is 16.9 Å². The van der Waals surface area contributed by atoms with Crippen LogP contribution < -0.4 is 5.32 Å². The van der Waals surface area contributed by atoms with E-state index in [4.69, 9.17) is 0 Å². The predicted octanol–water partition coefficient (Wildman–Crippen LogP) is 6.59. The van der Waals surface area contributed by atoms with Gasteiger partial charge < -0.3 is 5.32 Å². The highest BCUT2D eigenvalue weighted by atomic mass is 32.1. The third-order valence-corrected chi connectivity index (χ3v) is 5.51. The van der Waals surface area contributed by atoms with Gasteiger partial charge in [0.05, 0.1) is 33.7 Å². The number of halogens is 6. The molecule has 2 heterocycles. The summed E-state index contributed by atoms with van der Waals surface area (Å²) in [4.78, 5) is 17.1. The van der Waals surface area contributed by atoms with Gasteiger partial charge in [-0.25, -0.2) is 9.67 Å². The van der Waals surface area contributed by atoms with Crippen LogP contribution >= 0.6 is 11.3 Å². The van der Waals surface area contributed by atoms with Crippen LogP contribution in [0.25, 0.3) is 16.9 Å². The van der Waals surface area contributed by atoms with Gasteiger partial charge in [0.25, 0.3) is 5.91 Å². The number of amides is 1. The number of alkyl halides is 6. The highest BCUT2D eigenvalue weighted by Crippen LogP contribution is 2.36. The van der Waals surface area contributed by atoms with Crippen molar-refractivity contribution >= 4 is 22.9 Å². The van der Waals surface area contributed by atoms with E-state index in [1.54, 1.807) is 23.6 Å². The molecule has 0 radical (unpaired) electrons. The molecule has 1 N–H and O–H groups in total. The largest absolute Gasteiger partial charge is 0.434 e. The molecular formula is C22H14F6N4OS. The minimum atomic E-state index is -5.07. The molecule has 0 aliphatic rings. The number of aryl methyl sites for hydroxylation is 1. The summed E-state index contributed by atoms with van der Waals surface area (Å²) in [6.07, 6.45) is -9.16. The molecule has 2 aromatic carbocycles. The van der Waals surface area contributed by atoms with Gasteiger partial charge in [-0.15, -0.1) is 11.3 Å². The monoisotopic (exact) mass is 496 g/mol. The molecule has 4 aromatic rings. The van der Waals surface area contributed by atoms with Gasteiger partial charge in [0.1, 0.15) is 0 Å². The molecule has 0 bridgehead atoms. The fraction of sp³-hybridized carbons (Fsp3) is 0.136. The number of benzene rings is 2. The molecule has 0 unspecified atom stereocenters. The Balaban J connectivity index is 1.69. The summed E-state index contributed by atoms with van der Waals surface area (Å²) in [5.41, 5.74) is -2.44. The van der Waals surface area contributed by atoms with Crippen LogP contribution in [0, 0.1) is 6.92 Å². The molecule has 12 heteroatoms. The van der Waals surface area contributed by atoms with E-state index in [1.807, 2.05) is 6.92 Å². The normalized spacial score (nSPS) is 12.1. The first kappa shape index (κ1) is 23.5. The highest BCUT2D eigenvalue weighted by Gasteiger charge is 2.41. The lowest BCUT2D eigenvalue weighted by Gasteiger charge is -2.14. The van der Waals surface area contributed by atoms with E-state index in [-0.39, 0.29) is 10.4 Å². The number of nitrogens with zero attached hydrogens (tertiary/aromatic N) is 3. The molecule has 0 aliphatic heterocycles. The fourth-order valence-electron chi connectivity index (χ4n) is 3.25. The van der Waals surface area contributed by atoms with Crippen molar-refractivity contribution in [2.75, 3.05) is 5.32 Å². The van der Waals surface area contributed by atoms with Gasteiger partial charge in [-0.2, -0.15) is 31.4 Å². The SMILES string of the molecule is Cc1nc(-c2cccc(NC(=O)c3cnn(-c4cccc(C(F)(F)F)c4)c3C(F)(F)F)c2)cs1. The van der Waals surface area contributed by atoms with Crippen molar-refractivity contribution in [2.45, 2.75) is 19.3 Å². The van der Waals surface area contributed by atoms with Crippen molar-refractivity contribution in [3.63, 3.8) is 0 Å². The molecule has 1 amide bonds.